The predicted octanol–water partition coefficient (Wildman–Crippen LogP) is 1.96. The van der Waals surface area contributed by atoms with Gasteiger partial charge in [-0.3, -0.25) is 0 Å². The van der Waals surface area contributed by atoms with Crippen LogP contribution in [-0.2, 0) is 17.9 Å². The lowest BCUT2D eigenvalue weighted by Gasteiger charge is -2.17. The molecule has 0 saturated carbocycles. The Bertz CT molecular complexity index is 293. The molecule has 1 N–H and O–H groups in total. The summed E-state index contributed by atoms with van der Waals surface area (Å²) in [5, 5.41) is 13.3. The summed E-state index contributed by atoms with van der Waals surface area (Å²) in [6, 6.07) is 0. The molecular weight excluding hydrogens is 210 g/mol. The predicted molar refractivity (Wildman–Crippen MR) is 61.8 cm³/mol. The fraction of sp³-hybridized carbons (Fsp3) is 0.800. The number of hydrogen-bond acceptors (Lipinski definition) is 5. The van der Waals surface area contributed by atoms with E-state index >= 15 is 0 Å². The lowest BCUT2D eigenvalue weighted by atomic mass is 10.2. The van der Waals surface area contributed by atoms with Crippen LogP contribution in [0.15, 0.2) is 0 Å². The van der Waals surface area contributed by atoms with Crippen LogP contribution in [0.2, 0.25) is 0 Å². The second-order valence-corrected chi connectivity index (χ2v) is 5.42. The number of ether oxygens (including phenoxy) is 1. The highest BCUT2D eigenvalue weighted by atomic mass is 32.1. The smallest absolute Gasteiger partial charge is 0.143 e. The van der Waals surface area contributed by atoms with Crippen molar-refractivity contribution >= 4 is 11.3 Å². The summed E-state index contributed by atoms with van der Waals surface area (Å²) in [6.45, 7) is 10.5. The highest BCUT2D eigenvalue weighted by Crippen LogP contribution is 2.15. The number of nitrogens with zero attached hydrogens (tertiary/aromatic N) is 2. The van der Waals surface area contributed by atoms with Crippen LogP contribution in [0.3, 0.4) is 0 Å². The molecule has 1 heterocycles. The van der Waals surface area contributed by atoms with E-state index < -0.39 is 0 Å². The van der Waals surface area contributed by atoms with Gasteiger partial charge in [-0.1, -0.05) is 18.3 Å². The second-order valence-electron chi connectivity index (χ2n) is 4.27. The van der Waals surface area contributed by atoms with Gasteiger partial charge in [0.05, 0.1) is 5.60 Å². The van der Waals surface area contributed by atoms with Gasteiger partial charge in [0.2, 0.25) is 0 Å². The van der Waals surface area contributed by atoms with Crippen molar-refractivity contribution in [3.8, 4) is 0 Å². The van der Waals surface area contributed by atoms with Crippen LogP contribution in [0, 0.1) is 0 Å². The lowest BCUT2D eigenvalue weighted by molar-refractivity contribution is -0.0152. The van der Waals surface area contributed by atoms with E-state index in [1.165, 1.54) is 0 Å². The lowest BCUT2D eigenvalue weighted by Crippen LogP contribution is -2.18. The van der Waals surface area contributed by atoms with E-state index in [-0.39, 0.29) is 5.60 Å². The molecule has 0 spiro atoms. The molecule has 0 atom stereocenters. The first kappa shape index (κ1) is 12.5. The third-order valence-corrected chi connectivity index (χ3v) is 2.56. The van der Waals surface area contributed by atoms with Crippen molar-refractivity contribution < 1.29 is 4.74 Å². The van der Waals surface area contributed by atoms with Gasteiger partial charge >= 0.3 is 0 Å². The minimum Gasteiger partial charge on any atom is -0.369 e. The summed E-state index contributed by atoms with van der Waals surface area (Å²) in [5.74, 6) is 0. The maximum absolute atomic E-state index is 5.62. The Labute approximate surface area is 95.1 Å². The van der Waals surface area contributed by atoms with E-state index in [0.29, 0.717) is 6.61 Å². The zero-order valence-electron chi connectivity index (χ0n) is 9.83. The zero-order chi connectivity index (χ0) is 11.3. The van der Waals surface area contributed by atoms with E-state index in [1.807, 2.05) is 20.8 Å². The maximum Gasteiger partial charge on any atom is 0.143 e. The summed E-state index contributed by atoms with van der Waals surface area (Å²) in [6.07, 6.45) is 0. The van der Waals surface area contributed by atoms with Crippen molar-refractivity contribution in [2.75, 3.05) is 6.54 Å². The summed E-state index contributed by atoms with van der Waals surface area (Å²) < 4.78 is 5.62. The molecule has 0 aliphatic rings. The fourth-order valence-corrected chi connectivity index (χ4v) is 1.66. The topological polar surface area (TPSA) is 47.0 Å². The molecule has 0 aromatic carbocycles. The molecule has 86 valence electrons. The van der Waals surface area contributed by atoms with Gasteiger partial charge in [0.15, 0.2) is 0 Å². The first-order valence-corrected chi connectivity index (χ1v) is 5.99. The van der Waals surface area contributed by atoms with Gasteiger partial charge in [0.1, 0.15) is 16.6 Å². The van der Waals surface area contributed by atoms with Crippen LogP contribution in [-0.4, -0.2) is 22.3 Å². The average molecular weight is 229 g/mol. The zero-order valence-corrected chi connectivity index (χ0v) is 10.6. The Kier molecular flexibility index (Phi) is 4.63. The monoisotopic (exact) mass is 229 g/mol. The number of hydrogen-bond donors (Lipinski definition) is 1. The molecule has 0 radical (unpaired) electrons. The van der Waals surface area contributed by atoms with E-state index in [9.17, 15) is 0 Å². The number of rotatable bonds is 5. The van der Waals surface area contributed by atoms with Gasteiger partial charge in [-0.15, -0.1) is 10.2 Å². The van der Waals surface area contributed by atoms with Gasteiger partial charge in [-0.2, -0.15) is 0 Å². The summed E-state index contributed by atoms with van der Waals surface area (Å²) in [7, 11) is 0. The van der Waals surface area contributed by atoms with Crippen molar-refractivity contribution in [3.63, 3.8) is 0 Å². The molecule has 1 aromatic rings. The van der Waals surface area contributed by atoms with Crippen molar-refractivity contribution in [3.05, 3.63) is 10.0 Å². The second kappa shape index (κ2) is 5.53. The minimum atomic E-state index is -0.118. The fourth-order valence-electron chi connectivity index (χ4n) is 0.928. The van der Waals surface area contributed by atoms with Crippen LogP contribution >= 0.6 is 11.3 Å². The average Bonchev–Trinajstić information content (AvgIpc) is 2.58. The Morgan fingerprint density at radius 3 is 2.53 bits per heavy atom. The Morgan fingerprint density at radius 1 is 1.27 bits per heavy atom. The van der Waals surface area contributed by atoms with E-state index in [1.54, 1.807) is 11.3 Å². The molecule has 0 aliphatic carbocycles. The minimum absolute atomic E-state index is 0.118. The Morgan fingerprint density at radius 2 is 1.93 bits per heavy atom. The van der Waals surface area contributed by atoms with Crippen LogP contribution < -0.4 is 5.32 Å². The van der Waals surface area contributed by atoms with Gasteiger partial charge < -0.3 is 10.1 Å². The highest BCUT2D eigenvalue weighted by Gasteiger charge is 2.12. The van der Waals surface area contributed by atoms with Gasteiger partial charge in [-0.25, -0.2) is 0 Å². The quantitative estimate of drug-likeness (QED) is 0.838. The van der Waals surface area contributed by atoms with Crippen LogP contribution in [0.5, 0.6) is 0 Å². The molecule has 1 rings (SSSR count). The number of nitrogens with one attached hydrogen (secondary N) is 1. The molecule has 0 bridgehead atoms. The molecule has 0 amide bonds. The SMILES string of the molecule is CCNCc1nnc(COC(C)(C)C)s1. The summed E-state index contributed by atoms with van der Waals surface area (Å²) >= 11 is 1.60. The number of aromatic nitrogens is 2. The highest BCUT2D eigenvalue weighted by molar-refractivity contribution is 7.11. The first-order valence-electron chi connectivity index (χ1n) is 5.17. The van der Waals surface area contributed by atoms with Crippen molar-refractivity contribution in [1.29, 1.82) is 0 Å². The molecular formula is C10H19N3OS. The van der Waals surface area contributed by atoms with Crippen LogP contribution in [0.1, 0.15) is 37.7 Å². The maximum atomic E-state index is 5.62. The first-order chi connectivity index (χ1) is 7.01. The molecule has 4 nitrogen and oxygen atoms in total. The normalized spacial score (nSPS) is 12.0. The molecule has 0 saturated heterocycles. The molecule has 0 unspecified atom stereocenters. The largest absolute Gasteiger partial charge is 0.369 e. The molecule has 5 heteroatoms. The van der Waals surface area contributed by atoms with Crippen molar-refractivity contribution in [2.45, 2.75) is 46.4 Å². The standard InChI is InChI=1S/C10H19N3OS/c1-5-11-6-8-12-13-9(15-8)7-14-10(2,3)4/h11H,5-7H2,1-4H3. The molecule has 1 aromatic heterocycles. The van der Waals surface area contributed by atoms with Crippen molar-refractivity contribution in [2.24, 2.45) is 0 Å². The summed E-state index contributed by atoms with van der Waals surface area (Å²) in [4.78, 5) is 0. The van der Waals surface area contributed by atoms with Crippen LogP contribution in [0.25, 0.3) is 0 Å². The Hall–Kier alpha value is -0.520. The van der Waals surface area contributed by atoms with E-state index in [0.717, 1.165) is 23.1 Å². The summed E-state index contributed by atoms with van der Waals surface area (Å²) in [5.41, 5.74) is -0.118. The third kappa shape index (κ3) is 5.20. The Balaban J connectivity index is 2.39. The van der Waals surface area contributed by atoms with Crippen LogP contribution in [0.4, 0.5) is 0 Å². The van der Waals surface area contributed by atoms with Gasteiger partial charge in [-0.05, 0) is 27.3 Å². The molecule has 0 aliphatic heterocycles. The van der Waals surface area contributed by atoms with E-state index in [2.05, 4.69) is 22.4 Å². The van der Waals surface area contributed by atoms with Gasteiger partial charge in [0, 0.05) is 6.54 Å². The molecule has 0 fully saturated rings. The van der Waals surface area contributed by atoms with E-state index in [4.69, 9.17) is 4.74 Å². The third-order valence-electron chi connectivity index (χ3n) is 1.66. The van der Waals surface area contributed by atoms with Crippen molar-refractivity contribution in [1.82, 2.24) is 15.5 Å². The molecule has 15 heavy (non-hydrogen) atoms. The van der Waals surface area contributed by atoms with Gasteiger partial charge in [0.25, 0.3) is 0 Å².